The summed E-state index contributed by atoms with van der Waals surface area (Å²) in [5.74, 6) is 4.00. The molecule has 1 amide bonds. The van der Waals surface area contributed by atoms with E-state index in [1.54, 1.807) is 18.5 Å². The molecule has 0 saturated carbocycles. The number of aromatic nitrogens is 2. The molecule has 30 heavy (non-hydrogen) atoms. The fraction of sp³-hybridized carbons (Fsp3) is 0.500. The maximum atomic E-state index is 13.1. The fourth-order valence-electron chi connectivity index (χ4n) is 4.01. The Labute approximate surface area is 181 Å². The highest BCUT2D eigenvalue weighted by Crippen LogP contribution is 2.26. The van der Waals surface area contributed by atoms with Crippen LogP contribution in [0.1, 0.15) is 31.4 Å². The Morgan fingerprint density at radius 2 is 1.67 bits per heavy atom. The second kappa shape index (κ2) is 9.64. The van der Waals surface area contributed by atoms with Gasteiger partial charge in [-0.15, -0.1) is 0 Å². The Kier molecular flexibility index (Phi) is 6.72. The van der Waals surface area contributed by atoms with Gasteiger partial charge in [-0.2, -0.15) is 11.8 Å². The Bertz CT molecular complexity index is 851. The van der Waals surface area contributed by atoms with Gasteiger partial charge in [0.05, 0.1) is 6.04 Å². The molecule has 8 heteroatoms. The van der Waals surface area contributed by atoms with E-state index in [2.05, 4.69) is 31.2 Å². The zero-order chi connectivity index (χ0) is 20.9. The molecule has 0 aliphatic carbocycles. The van der Waals surface area contributed by atoms with Crippen LogP contribution in [0.3, 0.4) is 0 Å². The maximum Gasteiger partial charge on any atom is 0.223 e. The Balaban J connectivity index is 1.31. The molecule has 1 N–H and O–H groups in total. The van der Waals surface area contributed by atoms with Crippen molar-refractivity contribution < 1.29 is 9.18 Å². The maximum absolute atomic E-state index is 13.1. The smallest absolute Gasteiger partial charge is 0.223 e. The van der Waals surface area contributed by atoms with Crippen molar-refractivity contribution >= 4 is 29.3 Å². The summed E-state index contributed by atoms with van der Waals surface area (Å²) in [6, 6.07) is 8.23. The number of anilines is 2. The molecule has 160 valence electrons. The molecule has 1 aromatic carbocycles. The zero-order valence-corrected chi connectivity index (χ0v) is 18.1. The molecule has 2 aliphatic rings. The highest BCUT2D eigenvalue weighted by Gasteiger charge is 2.27. The topological polar surface area (TPSA) is 61.4 Å². The van der Waals surface area contributed by atoms with Gasteiger partial charge in [-0.1, -0.05) is 12.1 Å². The van der Waals surface area contributed by atoms with Gasteiger partial charge in [-0.25, -0.2) is 14.4 Å². The molecular weight excluding hydrogens is 401 g/mol. The lowest BCUT2D eigenvalue weighted by Crippen LogP contribution is -2.41. The average Bonchev–Trinajstić information content (AvgIpc) is 2.80. The minimum atomic E-state index is -0.267. The van der Waals surface area contributed by atoms with E-state index in [-0.39, 0.29) is 23.7 Å². The number of hydrogen-bond donors (Lipinski definition) is 1. The summed E-state index contributed by atoms with van der Waals surface area (Å²) in [6.45, 7) is 5.58. The van der Waals surface area contributed by atoms with E-state index in [1.807, 2.05) is 18.7 Å². The predicted molar refractivity (Wildman–Crippen MR) is 119 cm³/mol. The predicted octanol–water partition coefficient (Wildman–Crippen LogP) is 3.26. The summed E-state index contributed by atoms with van der Waals surface area (Å²) < 4.78 is 13.1. The van der Waals surface area contributed by atoms with Crippen LogP contribution in [0, 0.1) is 11.7 Å². The fourth-order valence-corrected chi connectivity index (χ4v) is 4.92. The molecule has 0 bridgehead atoms. The highest BCUT2D eigenvalue weighted by molar-refractivity contribution is 7.99. The zero-order valence-electron chi connectivity index (χ0n) is 17.3. The lowest BCUT2D eigenvalue weighted by molar-refractivity contribution is -0.126. The number of piperidine rings is 1. The second-order valence-corrected chi connectivity index (χ2v) is 9.10. The first-order chi connectivity index (χ1) is 14.6. The molecule has 6 nitrogen and oxygen atoms in total. The van der Waals surface area contributed by atoms with Crippen molar-refractivity contribution in [1.29, 1.82) is 0 Å². The minimum absolute atomic E-state index is 0.00965. The standard InChI is InChI=1S/C22H28FN5OS/c1-16(17-2-4-19(23)5-3-17)26-22(29)18-6-8-27(9-7-18)20-14-21(25-15-24-20)28-10-12-30-13-11-28/h2-5,14-16,18H,6-13H2,1H3,(H,26,29)/t16-/m1/s1. The van der Waals surface area contributed by atoms with E-state index in [9.17, 15) is 9.18 Å². The number of halogens is 1. The summed E-state index contributed by atoms with van der Waals surface area (Å²) in [6.07, 6.45) is 3.24. The van der Waals surface area contributed by atoms with Crippen LogP contribution in [0.15, 0.2) is 36.7 Å². The lowest BCUT2D eigenvalue weighted by Gasteiger charge is -2.33. The molecule has 3 heterocycles. The molecule has 0 radical (unpaired) electrons. The summed E-state index contributed by atoms with van der Waals surface area (Å²) in [5, 5.41) is 3.08. The van der Waals surface area contributed by atoms with Crippen molar-refractivity contribution in [2.75, 3.05) is 47.5 Å². The number of nitrogens with zero attached hydrogens (tertiary/aromatic N) is 4. The van der Waals surface area contributed by atoms with Crippen LogP contribution in [0.4, 0.5) is 16.0 Å². The summed E-state index contributed by atoms with van der Waals surface area (Å²) in [5.41, 5.74) is 0.909. The first-order valence-electron chi connectivity index (χ1n) is 10.6. The molecule has 2 fully saturated rings. The van der Waals surface area contributed by atoms with Crippen LogP contribution in [0.2, 0.25) is 0 Å². The number of benzene rings is 1. The van der Waals surface area contributed by atoms with Crippen LogP contribution >= 0.6 is 11.8 Å². The van der Waals surface area contributed by atoms with Crippen molar-refractivity contribution in [1.82, 2.24) is 15.3 Å². The van der Waals surface area contributed by atoms with Gasteiger partial charge < -0.3 is 15.1 Å². The van der Waals surface area contributed by atoms with Gasteiger partial charge in [0, 0.05) is 49.7 Å². The van der Waals surface area contributed by atoms with E-state index < -0.39 is 0 Å². The third-order valence-corrected chi connectivity index (χ3v) is 6.83. The number of thioether (sulfide) groups is 1. The largest absolute Gasteiger partial charge is 0.356 e. The molecule has 0 spiro atoms. The second-order valence-electron chi connectivity index (χ2n) is 7.88. The number of carbonyl (C=O) groups excluding carboxylic acids is 1. The minimum Gasteiger partial charge on any atom is -0.356 e. The third-order valence-electron chi connectivity index (χ3n) is 5.89. The summed E-state index contributed by atoms with van der Waals surface area (Å²) in [7, 11) is 0. The van der Waals surface area contributed by atoms with Gasteiger partial charge in [0.15, 0.2) is 0 Å². The van der Waals surface area contributed by atoms with Crippen LogP contribution < -0.4 is 15.1 Å². The molecule has 1 aromatic heterocycles. The van der Waals surface area contributed by atoms with Crippen molar-refractivity contribution in [3.63, 3.8) is 0 Å². The molecule has 2 aromatic rings. The van der Waals surface area contributed by atoms with E-state index in [1.165, 1.54) is 12.1 Å². The first kappa shape index (κ1) is 20.9. The van der Waals surface area contributed by atoms with Gasteiger partial charge in [0.2, 0.25) is 5.91 Å². The number of nitrogens with one attached hydrogen (secondary N) is 1. The van der Waals surface area contributed by atoms with Crippen molar-refractivity contribution in [3.05, 3.63) is 48.0 Å². The van der Waals surface area contributed by atoms with Crippen LogP contribution in [-0.2, 0) is 4.79 Å². The van der Waals surface area contributed by atoms with Crippen molar-refractivity contribution in [2.45, 2.75) is 25.8 Å². The number of hydrogen-bond acceptors (Lipinski definition) is 6. The SMILES string of the molecule is C[C@@H](NC(=O)C1CCN(c2cc(N3CCSCC3)ncn2)CC1)c1ccc(F)cc1. The van der Waals surface area contributed by atoms with E-state index in [0.29, 0.717) is 0 Å². The molecular formula is C22H28FN5OS. The number of carbonyl (C=O) groups is 1. The van der Waals surface area contributed by atoms with Crippen molar-refractivity contribution in [3.8, 4) is 0 Å². The van der Waals surface area contributed by atoms with E-state index in [0.717, 1.165) is 67.7 Å². The van der Waals surface area contributed by atoms with Gasteiger partial charge in [-0.05, 0) is 37.5 Å². The lowest BCUT2D eigenvalue weighted by atomic mass is 9.95. The van der Waals surface area contributed by atoms with Crippen LogP contribution in [0.25, 0.3) is 0 Å². The monoisotopic (exact) mass is 429 g/mol. The first-order valence-corrected chi connectivity index (χ1v) is 11.7. The third kappa shape index (κ3) is 5.03. The van der Waals surface area contributed by atoms with Crippen molar-refractivity contribution in [2.24, 2.45) is 5.92 Å². The molecule has 2 saturated heterocycles. The van der Waals surface area contributed by atoms with Crippen LogP contribution in [-0.4, -0.2) is 53.6 Å². The Hall–Kier alpha value is -2.35. The van der Waals surface area contributed by atoms with Gasteiger partial charge >= 0.3 is 0 Å². The van der Waals surface area contributed by atoms with E-state index in [4.69, 9.17) is 0 Å². The molecule has 1 atom stereocenters. The average molecular weight is 430 g/mol. The molecule has 2 aliphatic heterocycles. The Morgan fingerprint density at radius 3 is 2.30 bits per heavy atom. The van der Waals surface area contributed by atoms with Gasteiger partial charge in [-0.3, -0.25) is 4.79 Å². The highest BCUT2D eigenvalue weighted by atomic mass is 32.2. The number of rotatable bonds is 5. The Morgan fingerprint density at radius 1 is 1.07 bits per heavy atom. The summed E-state index contributed by atoms with van der Waals surface area (Å²) in [4.78, 5) is 26.2. The van der Waals surface area contributed by atoms with E-state index >= 15 is 0 Å². The van der Waals surface area contributed by atoms with Crippen LogP contribution in [0.5, 0.6) is 0 Å². The number of amides is 1. The molecule has 0 unspecified atom stereocenters. The normalized spacial score (nSPS) is 18.9. The quantitative estimate of drug-likeness (QED) is 0.787. The summed E-state index contributed by atoms with van der Waals surface area (Å²) >= 11 is 1.98. The van der Waals surface area contributed by atoms with Gasteiger partial charge in [0.25, 0.3) is 0 Å². The van der Waals surface area contributed by atoms with Gasteiger partial charge in [0.1, 0.15) is 23.8 Å². The molecule has 4 rings (SSSR count).